The predicted molar refractivity (Wildman–Crippen MR) is 62.1 cm³/mol. The fourth-order valence-electron chi connectivity index (χ4n) is 1.36. The Balaban J connectivity index is 3.51. The highest BCUT2D eigenvalue weighted by atomic mass is 16.6. The molecule has 0 amide bonds. The first-order valence-electron chi connectivity index (χ1n) is 4.83. The lowest BCUT2D eigenvalue weighted by Crippen LogP contribution is -2.06. The van der Waals surface area contributed by atoms with Crippen LogP contribution in [0.15, 0.2) is 12.1 Å². The molecule has 6 heteroatoms. The van der Waals surface area contributed by atoms with Gasteiger partial charge in [0, 0.05) is 17.7 Å². The zero-order valence-electron chi connectivity index (χ0n) is 9.72. The van der Waals surface area contributed by atoms with Crippen LogP contribution in [0.4, 0.5) is 5.69 Å². The van der Waals surface area contributed by atoms with Crippen LogP contribution in [0.5, 0.6) is 0 Å². The molecule has 6 nitrogen and oxygen atoms in total. The van der Waals surface area contributed by atoms with Gasteiger partial charge in [-0.15, -0.1) is 0 Å². The van der Waals surface area contributed by atoms with Crippen LogP contribution in [0.1, 0.15) is 21.5 Å². The number of non-ortho nitro benzene ring substituents is 1. The number of aldehydes is 1. The first-order valence-corrected chi connectivity index (χ1v) is 4.83. The van der Waals surface area contributed by atoms with Crippen molar-refractivity contribution in [1.29, 1.82) is 0 Å². The van der Waals surface area contributed by atoms with Crippen LogP contribution in [0, 0.1) is 28.9 Å². The van der Waals surface area contributed by atoms with Crippen molar-refractivity contribution in [1.82, 2.24) is 0 Å². The topological polar surface area (TPSA) is 86.5 Å². The van der Waals surface area contributed by atoms with Crippen LogP contribution >= 0.6 is 0 Å². The fraction of sp³-hybridized carbons (Fsp3) is 0.167. The average molecular weight is 247 g/mol. The lowest BCUT2D eigenvalue weighted by atomic mass is 10.0. The standard InChI is InChI=1S/C12H9NO5/c1-8-9(4-3-5-14)6-10(13(16)17)7-11(8)12(15)18-2/h5-7H,1-2H3. The molecule has 0 N–H and O–H groups in total. The summed E-state index contributed by atoms with van der Waals surface area (Å²) < 4.78 is 4.53. The van der Waals surface area contributed by atoms with Gasteiger partial charge in [-0.3, -0.25) is 14.9 Å². The number of hydrogen-bond acceptors (Lipinski definition) is 5. The first-order chi connectivity index (χ1) is 8.51. The minimum Gasteiger partial charge on any atom is -0.465 e. The third kappa shape index (κ3) is 2.71. The van der Waals surface area contributed by atoms with Gasteiger partial charge in [-0.05, 0) is 18.4 Å². The number of rotatable bonds is 2. The lowest BCUT2D eigenvalue weighted by molar-refractivity contribution is -0.384. The van der Waals surface area contributed by atoms with E-state index in [4.69, 9.17) is 0 Å². The Kier molecular flexibility index (Phi) is 4.16. The van der Waals surface area contributed by atoms with Crippen molar-refractivity contribution < 1.29 is 19.2 Å². The maximum atomic E-state index is 11.5. The Hall–Kier alpha value is -2.68. The van der Waals surface area contributed by atoms with Gasteiger partial charge in [-0.1, -0.05) is 5.92 Å². The Bertz CT molecular complexity index is 580. The Labute approximate surface area is 103 Å². The summed E-state index contributed by atoms with van der Waals surface area (Å²) in [6, 6.07) is 2.32. The SMILES string of the molecule is COC(=O)c1cc([N+](=O)[O-])cc(C#CC=O)c1C. The number of nitro benzene ring substituents is 1. The molecular formula is C12H9NO5. The third-order valence-electron chi connectivity index (χ3n) is 2.27. The molecule has 0 saturated heterocycles. The predicted octanol–water partition coefficient (Wildman–Crippen LogP) is 1.24. The van der Waals surface area contributed by atoms with E-state index in [1.807, 2.05) is 0 Å². The zero-order chi connectivity index (χ0) is 13.7. The summed E-state index contributed by atoms with van der Waals surface area (Å²) in [5.41, 5.74) is 0.455. The molecule has 1 aromatic carbocycles. The van der Waals surface area contributed by atoms with E-state index >= 15 is 0 Å². The number of methoxy groups -OCH3 is 1. The lowest BCUT2D eigenvalue weighted by Gasteiger charge is -2.05. The second-order valence-electron chi connectivity index (χ2n) is 3.30. The first kappa shape index (κ1) is 13.4. The summed E-state index contributed by atoms with van der Waals surface area (Å²) in [4.78, 5) is 31.8. The number of esters is 1. The maximum absolute atomic E-state index is 11.5. The van der Waals surface area contributed by atoms with Gasteiger partial charge >= 0.3 is 5.97 Å². The summed E-state index contributed by atoms with van der Waals surface area (Å²) in [5, 5.41) is 10.7. The molecule has 92 valence electrons. The van der Waals surface area contributed by atoms with E-state index in [1.54, 1.807) is 6.92 Å². The Morgan fingerprint density at radius 1 is 1.50 bits per heavy atom. The summed E-state index contributed by atoms with van der Waals surface area (Å²) >= 11 is 0. The fourth-order valence-corrected chi connectivity index (χ4v) is 1.36. The normalized spacial score (nSPS) is 9.00. The molecule has 0 fully saturated rings. The number of carbonyl (C=O) groups excluding carboxylic acids is 2. The van der Waals surface area contributed by atoms with Crippen molar-refractivity contribution in [3.63, 3.8) is 0 Å². The third-order valence-corrected chi connectivity index (χ3v) is 2.27. The van der Waals surface area contributed by atoms with Gasteiger partial charge in [0.05, 0.1) is 17.6 Å². The van der Waals surface area contributed by atoms with E-state index in [0.29, 0.717) is 11.8 Å². The van der Waals surface area contributed by atoms with Crippen molar-refractivity contribution in [2.75, 3.05) is 7.11 Å². The zero-order valence-corrected chi connectivity index (χ0v) is 9.72. The van der Waals surface area contributed by atoms with Gasteiger partial charge in [-0.25, -0.2) is 4.79 Å². The summed E-state index contributed by atoms with van der Waals surface area (Å²) in [7, 11) is 1.18. The molecule has 0 aliphatic rings. The Morgan fingerprint density at radius 3 is 2.67 bits per heavy atom. The molecule has 0 radical (unpaired) electrons. The van der Waals surface area contributed by atoms with Gasteiger partial charge < -0.3 is 4.74 Å². The largest absolute Gasteiger partial charge is 0.465 e. The van der Waals surface area contributed by atoms with Crippen LogP contribution in [0.3, 0.4) is 0 Å². The highest BCUT2D eigenvalue weighted by Gasteiger charge is 2.18. The molecular weight excluding hydrogens is 238 g/mol. The van der Waals surface area contributed by atoms with Crippen molar-refractivity contribution in [2.45, 2.75) is 6.92 Å². The molecule has 1 rings (SSSR count). The monoisotopic (exact) mass is 247 g/mol. The minimum absolute atomic E-state index is 0.0573. The van der Waals surface area contributed by atoms with E-state index in [-0.39, 0.29) is 16.8 Å². The number of hydrogen-bond donors (Lipinski definition) is 0. The molecule has 0 spiro atoms. The molecule has 0 aliphatic heterocycles. The van der Waals surface area contributed by atoms with Crippen LogP contribution in [-0.4, -0.2) is 24.3 Å². The van der Waals surface area contributed by atoms with Crippen LogP contribution in [0.25, 0.3) is 0 Å². The molecule has 1 aromatic rings. The summed E-state index contributed by atoms with van der Waals surface area (Å²) in [6.07, 6.45) is 0.371. The summed E-state index contributed by atoms with van der Waals surface area (Å²) in [5.74, 6) is 3.91. The molecule has 0 unspecified atom stereocenters. The van der Waals surface area contributed by atoms with E-state index in [1.165, 1.54) is 13.2 Å². The summed E-state index contributed by atoms with van der Waals surface area (Å²) in [6.45, 7) is 1.57. The second kappa shape index (κ2) is 5.59. The van der Waals surface area contributed by atoms with Gasteiger partial charge in [0.25, 0.3) is 5.69 Å². The minimum atomic E-state index is -0.689. The van der Waals surface area contributed by atoms with Gasteiger partial charge in [0.1, 0.15) is 0 Å². The van der Waals surface area contributed by atoms with Crippen LogP contribution in [-0.2, 0) is 9.53 Å². The van der Waals surface area contributed by atoms with Crippen molar-refractivity contribution >= 4 is 17.9 Å². The van der Waals surface area contributed by atoms with E-state index in [2.05, 4.69) is 16.6 Å². The molecule has 0 aromatic heterocycles. The second-order valence-corrected chi connectivity index (χ2v) is 3.30. The van der Waals surface area contributed by atoms with E-state index in [9.17, 15) is 19.7 Å². The molecule has 0 bridgehead atoms. The number of benzene rings is 1. The van der Waals surface area contributed by atoms with Crippen molar-refractivity contribution in [3.05, 3.63) is 38.9 Å². The van der Waals surface area contributed by atoms with Gasteiger partial charge in [-0.2, -0.15) is 0 Å². The number of ether oxygens (including phenoxy) is 1. The smallest absolute Gasteiger partial charge is 0.338 e. The molecule has 18 heavy (non-hydrogen) atoms. The van der Waals surface area contributed by atoms with Crippen molar-refractivity contribution in [2.24, 2.45) is 0 Å². The van der Waals surface area contributed by atoms with Gasteiger partial charge in [0.15, 0.2) is 6.29 Å². The highest BCUT2D eigenvalue weighted by Crippen LogP contribution is 2.22. The van der Waals surface area contributed by atoms with Gasteiger partial charge in [0.2, 0.25) is 0 Å². The number of nitrogens with zero attached hydrogens (tertiary/aromatic N) is 1. The maximum Gasteiger partial charge on any atom is 0.338 e. The number of carbonyl (C=O) groups is 2. The Morgan fingerprint density at radius 2 is 2.17 bits per heavy atom. The number of nitro groups is 1. The average Bonchev–Trinajstić information content (AvgIpc) is 2.36. The molecule has 0 heterocycles. The highest BCUT2D eigenvalue weighted by molar-refractivity contribution is 5.92. The van der Waals surface area contributed by atoms with E-state index in [0.717, 1.165) is 6.07 Å². The molecule has 0 atom stereocenters. The van der Waals surface area contributed by atoms with Crippen LogP contribution < -0.4 is 0 Å². The molecule has 0 aliphatic carbocycles. The van der Waals surface area contributed by atoms with Crippen molar-refractivity contribution in [3.8, 4) is 11.8 Å². The van der Waals surface area contributed by atoms with Crippen LogP contribution in [0.2, 0.25) is 0 Å². The quantitative estimate of drug-likeness (QED) is 0.258. The van der Waals surface area contributed by atoms with E-state index < -0.39 is 10.9 Å². The molecule has 0 saturated carbocycles.